The van der Waals surface area contributed by atoms with Crippen LogP contribution in [0.15, 0.2) is 65.7 Å². The van der Waals surface area contributed by atoms with Crippen molar-refractivity contribution in [3.63, 3.8) is 0 Å². The Hall–Kier alpha value is -2.84. The van der Waals surface area contributed by atoms with Crippen LogP contribution in [0.1, 0.15) is 26.3 Å². The molecule has 3 aromatic rings. The first-order chi connectivity index (χ1) is 14.9. The second-order valence-electron chi connectivity index (χ2n) is 8.70. The smallest absolute Gasteiger partial charge is 0.407 e. The van der Waals surface area contributed by atoms with Gasteiger partial charge in [0.15, 0.2) is 0 Å². The Morgan fingerprint density at radius 2 is 1.78 bits per heavy atom. The first kappa shape index (κ1) is 23.8. The van der Waals surface area contributed by atoms with Gasteiger partial charge in [0, 0.05) is 17.8 Å². The molecule has 0 saturated carbocycles. The Kier molecular flexibility index (Phi) is 6.67. The molecule has 2 aromatic carbocycles. The summed E-state index contributed by atoms with van der Waals surface area (Å²) >= 11 is 6.00. The summed E-state index contributed by atoms with van der Waals surface area (Å²) < 4.78 is 41.4. The van der Waals surface area contributed by atoms with Gasteiger partial charge in [-0.2, -0.15) is 0 Å². The highest BCUT2D eigenvalue weighted by Crippen LogP contribution is 2.29. The summed E-state index contributed by atoms with van der Waals surface area (Å²) in [6, 6.07) is 12.9. The number of aromatic nitrogens is 1. The van der Waals surface area contributed by atoms with E-state index in [1.165, 1.54) is 53.6 Å². The molecule has 0 fully saturated rings. The standard InChI is InChI=1S/C23H24ClFN2O4S/c1-23(2,3)15-26(22(28)29)13-16-11-21(17-7-9-19(25)10-8-17)27(14-16)32(30,31)20-6-4-5-18(24)12-20/h4-12,14H,13,15H2,1-3H3,(H,28,29). The van der Waals surface area contributed by atoms with E-state index in [1.54, 1.807) is 12.1 Å². The molecule has 6 nitrogen and oxygen atoms in total. The van der Waals surface area contributed by atoms with E-state index in [4.69, 9.17) is 11.6 Å². The maximum Gasteiger partial charge on any atom is 0.407 e. The van der Waals surface area contributed by atoms with E-state index < -0.39 is 21.9 Å². The van der Waals surface area contributed by atoms with Crippen LogP contribution >= 0.6 is 11.6 Å². The third kappa shape index (κ3) is 5.49. The summed E-state index contributed by atoms with van der Waals surface area (Å²) in [6.45, 7) is 6.02. The lowest BCUT2D eigenvalue weighted by Gasteiger charge is -2.27. The summed E-state index contributed by atoms with van der Waals surface area (Å²) in [5, 5.41) is 9.90. The van der Waals surface area contributed by atoms with E-state index >= 15 is 0 Å². The largest absolute Gasteiger partial charge is 0.465 e. The first-order valence-corrected chi connectivity index (χ1v) is 11.6. The van der Waals surface area contributed by atoms with E-state index in [9.17, 15) is 22.7 Å². The zero-order chi connectivity index (χ0) is 23.7. The molecule has 0 radical (unpaired) electrons. The van der Waals surface area contributed by atoms with Crippen molar-refractivity contribution in [2.75, 3.05) is 6.54 Å². The molecule has 1 aromatic heterocycles. The quantitative estimate of drug-likeness (QED) is 0.492. The number of carbonyl (C=O) groups is 1. The molecule has 9 heteroatoms. The number of benzene rings is 2. The van der Waals surface area contributed by atoms with Gasteiger partial charge in [-0.25, -0.2) is 21.6 Å². The van der Waals surface area contributed by atoms with Gasteiger partial charge in [-0.3, -0.25) is 0 Å². The van der Waals surface area contributed by atoms with Crippen molar-refractivity contribution < 1.29 is 22.7 Å². The summed E-state index contributed by atoms with van der Waals surface area (Å²) in [6.07, 6.45) is 0.293. The van der Waals surface area contributed by atoms with Crippen LogP contribution in [0.5, 0.6) is 0 Å². The minimum atomic E-state index is -4.05. The van der Waals surface area contributed by atoms with Gasteiger partial charge in [-0.05, 0) is 65.1 Å². The van der Waals surface area contributed by atoms with Gasteiger partial charge in [0.25, 0.3) is 10.0 Å². The van der Waals surface area contributed by atoms with E-state index in [-0.39, 0.29) is 28.4 Å². The van der Waals surface area contributed by atoms with Gasteiger partial charge >= 0.3 is 6.09 Å². The minimum Gasteiger partial charge on any atom is -0.465 e. The Morgan fingerprint density at radius 3 is 2.34 bits per heavy atom. The highest BCUT2D eigenvalue weighted by atomic mass is 35.5. The lowest BCUT2D eigenvalue weighted by Crippen LogP contribution is -2.36. The van der Waals surface area contributed by atoms with Crippen LogP contribution in [0, 0.1) is 11.2 Å². The Bertz CT molecular complexity index is 1230. The van der Waals surface area contributed by atoms with Crippen LogP contribution < -0.4 is 0 Å². The van der Waals surface area contributed by atoms with Crippen LogP contribution in [0.25, 0.3) is 11.3 Å². The first-order valence-electron chi connectivity index (χ1n) is 9.83. The molecule has 0 aliphatic heterocycles. The summed E-state index contributed by atoms with van der Waals surface area (Å²) in [7, 11) is -4.05. The summed E-state index contributed by atoms with van der Waals surface area (Å²) in [5.74, 6) is -0.452. The molecular weight excluding hydrogens is 455 g/mol. The Morgan fingerprint density at radius 1 is 1.12 bits per heavy atom. The van der Waals surface area contributed by atoms with Crippen molar-refractivity contribution in [1.82, 2.24) is 8.87 Å². The molecule has 0 saturated heterocycles. The van der Waals surface area contributed by atoms with Crippen molar-refractivity contribution >= 4 is 27.7 Å². The molecule has 3 rings (SSSR count). The molecular formula is C23H24ClFN2O4S. The zero-order valence-electron chi connectivity index (χ0n) is 17.9. The van der Waals surface area contributed by atoms with Gasteiger partial charge in [0.2, 0.25) is 0 Å². The third-order valence-electron chi connectivity index (χ3n) is 4.64. The maximum absolute atomic E-state index is 13.5. The van der Waals surface area contributed by atoms with Crippen molar-refractivity contribution in [2.24, 2.45) is 5.41 Å². The topological polar surface area (TPSA) is 79.6 Å². The predicted octanol–water partition coefficient (Wildman–Crippen LogP) is 5.71. The normalized spacial score (nSPS) is 12.0. The maximum atomic E-state index is 13.5. The fourth-order valence-electron chi connectivity index (χ4n) is 3.34. The third-order valence-corrected chi connectivity index (χ3v) is 6.55. The van der Waals surface area contributed by atoms with Gasteiger partial charge in [-0.15, -0.1) is 0 Å². The van der Waals surface area contributed by atoms with Gasteiger partial charge in [-0.1, -0.05) is 38.4 Å². The summed E-state index contributed by atoms with van der Waals surface area (Å²) in [5.41, 5.74) is 0.969. The number of halogens is 2. The predicted molar refractivity (Wildman–Crippen MR) is 122 cm³/mol. The average molecular weight is 479 g/mol. The highest BCUT2D eigenvalue weighted by molar-refractivity contribution is 7.90. The molecule has 0 aliphatic rings. The molecule has 0 spiro atoms. The molecule has 0 bridgehead atoms. The zero-order valence-corrected chi connectivity index (χ0v) is 19.5. The summed E-state index contributed by atoms with van der Waals surface area (Å²) in [4.78, 5) is 13.0. The van der Waals surface area contributed by atoms with Gasteiger partial charge in [0.1, 0.15) is 5.82 Å². The molecule has 0 aliphatic carbocycles. The number of nitrogens with zero attached hydrogens (tertiary/aromatic N) is 2. The van der Waals surface area contributed by atoms with Crippen molar-refractivity contribution in [3.05, 3.63) is 77.2 Å². The van der Waals surface area contributed by atoms with Crippen LogP contribution in [-0.4, -0.2) is 35.0 Å². The fraction of sp³-hybridized carbons (Fsp3) is 0.261. The number of hydrogen-bond donors (Lipinski definition) is 1. The lowest BCUT2D eigenvalue weighted by atomic mass is 9.96. The number of carboxylic acid groups (broad SMARTS) is 1. The van der Waals surface area contributed by atoms with E-state index in [0.717, 1.165) is 3.97 Å². The van der Waals surface area contributed by atoms with E-state index in [2.05, 4.69) is 0 Å². The van der Waals surface area contributed by atoms with E-state index in [0.29, 0.717) is 16.8 Å². The molecule has 32 heavy (non-hydrogen) atoms. The SMILES string of the molecule is CC(C)(C)CN(Cc1cc(-c2ccc(F)cc2)n(S(=O)(=O)c2cccc(Cl)c2)c1)C(=O)O. The molecule has 170 valence electrons. The fourth-order valence-corrected chi connectivity index (χ4v) is 5.04. The monoisotopic (exact) mass is 478 g/mol. The molecule has 0 atom stereocenters. The van der Waals surface area contributed by atoms with Crippen molar-refractivity contribution in [3.8, 4) is 11.3 Å². The van der Waals surface area contributed by atoms with Gasteiger partial charge in [0.05, 0.1) is 17.1 Å². The second kappa shape index (κ2) is 8.96. The Labute approximate surface area is 191 Å². The van der Waals surface area contributed by atoms with E-state index in [1.807, 2.05) is 20.8 Å². The molecule has 1 N–H and O–H groups in total. The molecule has 1 amide bonds. The van der Waals surface area contributed by atoms with Crippen LogP contribution in [0.2, 0.25) is 5.02 Å². The number of amides is 1. The molecule has 1 heterocycles. The lowest BCUT2D eigenvalue weighted by molar-refractivity contribution is 0.123. The molecule has 0 unspecified atom stereocenters. The Balaban J connectivity index is 2.12. The average Bonchev–Trinajstić information content (AvgIpc) is 3.11. The van der Waals surface area contributed by atoms with Crippen LogP contribution in [0.3, 0.4) is 0 Å². The van der Waals surface area contributed by atoms with Gasteiger partial charge < -0.3 is 10.0 Å². The van der Waals surface area contributed by atoms with Crippen molar-refractivity contribution in [2.45, 2.75) is 32.2 Å². The minimum absolute atomic E-state index is 0.00113. The second-order valence-corrected chi connectivity index (χ2v) is 10.9. The van der Waals surface area contributed by atoms with Crippen LogP contribution in [-0.2, 0) is 16.6 Å². The van der Waals surface area contributed by atoms with Crippen LogP contribution in [0.4, 0.5) is 9.18 Å². The number of rotatable bonds is 6. The van der Waals surface area contributed by atoms with Crippen molar-refractivity contribution in [1.29, 1.82) is 0 Å². The highest BCUT2D eigenvalue weighted by Gasteiger charge is 2.25. The number of hydrogen-bond acceptors (Lipinski definition) is 3.